The molecule has 1 aliphatic rings. The minimum Gasteiger partial charge on any atom is -0.475 e. The molecule has 4 rings (SSSR count). The van der Waals surface area contributed by atoms with Gasteiger partial charge in [0, 0.05) is 6.08 Å². The number of nitrogens with zero attached hydrogens (tertiary/aromatic N) is 1. The Labute approximate surface area is 193 Å². The second-order valence-corrected chi connectivity index (χ2v) is 8.10. The van der Waals surface area contributed by atoms with E-state index < -0.39 is 34.8 Å². The molecule has 3 nitrogen and oxygen atoms in total. The molecule has 0 aromatic heterocycles. The summed E-state index contributed by atoms with van der Waals surface area (Å²) in [4.78, 5) is 4.59. The molecule has 34 heavy (non-hydrogen) atoms. The number of rotatable bonds is 5. The molecule has 0 amide bonds. The molecule has 0 saturated carbocycles. The molecule has 0 aliphatic carbocycles. The van der Waals surface area contributed by atoms with Crippen molar-refractivity contribution in [3.05, 3.63) is 105 Å². The van der Waals surface area contributed by atoms with Gasteiger partial charge in [0.15, 0.2) is 23.3 Å². The lowest BCUT2D eigenvalue weighted by atomic mass is 9.95. The van der Waals surface area contributed by atoms with Crippen LogP contribution in [-0.4, -0.2) is 12.5 Å². The third-order valence-corrected chi connectivity index (χ3v) is 5.57. The van der Waals surface area contributed by atoms with Crippen molar-refractivity contribution < 1.29 is 26.7 Å². The summed E-state index contributed by atoms with van der Waals surface area (Å²) in [6.45, 7) is 6.22. The largest absolute Gasteiger partial charge is 0.475 e. The first-order valence-electron chi connectivity index (χ1n) is 10.5. The molecule has 0 fully saturated rings. The Balaban J connectivity index is 1.76. The summed E-state index contributed by atoms with van der Waals surface area (Å²) >= 11 is 0. The highest BCUT2D eigenvalue weighted by Gasteiger charge is 2.27. The first-order valence-corrected chi connectivity index (χ1v) is 10.5. The maximum atomic E-state index is 14.3. The molecule has 1 heterocycles. The number of anilines is 1. The van der Waals surface area contributed by atoms with E-state index in [1.54, 1.807) is 30.3 Å². The summed E-state index contributed by atoms with van der Waals surface area (Å²) in [7, 11) is 0. The van der Waals surface area contributed by atoms with Crippen molar-refractivity contribution in [1.82, 2.24) is 0 Å². The zero-order chi connectivity index (χ0) is 24.6. The van der Waals surface area contributed by atoms with Crippen molar-refractivity contribution in [2.24, 2.45) is 4.99 Å². The first-order chi connectivity index (χ1) is 16.2. The average Bonchev–Trinajstić information content (AvgIpc) is 3.26. The van der Waals surface area contributed by atoms with Gasteiger partial charge in [-0.3, -0.25) is 0 Å². The molecule has 8 heteroatoms. The van der Waals surface area contributed by atoms with Gasteiger partial charge in [-0.1, -0.05) is 48.0 Å². The molecule has 0 spiro atoms. The number of benzene rings is 3. The van der Waals surface area contributed by atoms with E-state index in [1.807, 2.05) is 32.9 Å². The maximum Gasteiger partial charge on any atom is 0.211 e. The number of halogens is 5. The van der Waals surface area contributed by atoms with E-state index in [1.165, 1.54) is 6.08 Å². The van der Waals surface area contributed by atoms with Gasteiger partial charge in [0.2, 0.25) is 11.7 Å². The van der Waals surface area contributed by atoms with Crippen LogP contribution in [0, 0.1) is 49.9 Å². The summed E-state index contributed by atoms with van der Waals surface area (Å²) in [5, 5.41) is 2.36. The summed E-state index contributed by atoms with van der Waals surface area (Å²) in [6.07, 6.45) is 1.38. The van der Waals surface area contributed by atoms with Crippen LogP contribution in [0.4, 0.5) is 27.6 Å². The van der Waals surface area contributed by atoms with E-state index in [9.17, 15) is 22.0 Å². The number of nitrogens with one attached hydrogen (secondary N) is 1. The minimum atomic E-state index is -2.22. The SMILES string of the molecule is Cc1cc(C)c(C2COC(C=C(Nc3c(F)c(F)c(F)c(F)c3F)c3ccccc3)=N2)c(C)c1. The number of hydrogen-bond donors (Lipinski definition) is 1. The Morgan fingerprint density at radius 1 is 0.882 bits per heavy atom. The number of hydrogen-bond acceptors (Lipinski definition) is 3. The van der Waals surface area contributed by atoms with Crippen LogP contribution >= 0.6 is 0 Å². The Hall–Kier alpha value is -3.68. The van der Waals surface area contributed by atoms with Crippen molar-refractivity contribution in [2.75, 3.05) is 11.9 Å². The van der Waals surface area contributed by atoms with Crippen molar-refractivity contribution in [1.29, 1.82) is 0 Å². The summed E-state index contributed by atoms with van der Waals surface area (Å²) in [5.74, 6) is -10.0. The second kappa shape index (κ2) is 9.29. The van der Waals surface area contributed by atoms with Crippen LogP contribution in [0.3, 0.4) is 0 Å². The van der Waals surface area contributed by atoms with E-state index >= 15 is 0 Å². The van der Waals surface area contributed by atoms with E-state index in [2.05, 4.69) is 10.3 Å². The minimum absolute atomic E-state index is 0.0561. The molecule has 0 saturated heterocycles. The normalized spacial score (nSPS) is 15.8. The smallest absolute Gasteiger partial charge is 0.211 e. The molecule has 1 N–H and O–H groups in total. The molecule has 3 aromatic rings. The summed E-state index contributed by atoms with van der Waals surface area (Å²) < 4.78 is 75.3. The number of aliphatic imine (C=N–C) groups is 1. The van der Waals surface area contributed by atoms with Gasteiger partial charge in [-0.15, -0.1) is 0 Å². The third-order valence-electron chi connectivity index (χ3n) is 5.57. The fourth-order valence-electron chi connectivity index (χ4n) is 4.12. The van der Waals surface area contributed by atoms with Crippen LogP contribution in [-0.2, 0) is 4.74 Å². The molecular formula is C26H21F5N2O. The van der Waals surface area contributed by atoms with Crippen LogP contribution in [0.2, 0.25) is 0 Å². The lowest BCUT2D eigenvalue weighted by molar-refractivity contribution is 0.320. The van der Waals surface area contributed by atoms with Gasteiger partial charge in [-0.2, -0.15) is 0 Å². The van der Waals surface area contributed by atoms with Gasteiger partial charge in [-0.05, 0) is 43.0 Å². The monoisotopic (exact) mass is 472 g/mol. The Bertz CT molecular complexity index is 1270. The standard InChI is InChI=1S/C26H21F5N2O/c1-13-9-14(2)20(15(3)10-13)18-12-34-19(32-18)11-17(16-7-5-4-6-8-16)33-26-24(30)22(28)21(27)23(29)25(26)31/h4-11,18,33H,12H2,1-3H3. The Morgan fingerprint density at radius 2 is 1.44 bits per heavy atom. The van der Waals surface area contributed by atoms with Gasteiger partial charge < -0.3 is 10.1 Å². The van der Waals surface area contributed by atoms with Crippen LogP contribution < -0.4 is 5.32 Å². The van der Waals surface area contributed by atoms with E-state index in [0.717, 1.165) is 22.3 Å². The van der Waals surface area contributed by atoms with E-state index in [4.69, 9.17) is 4.74 Å². The molecule has 0 bridgehead atoms. The highest BCUT2D eigenvalue weighted by molar-refractivity contribution is 5.98. The predicted molar refractivity (Wildman–Crippen MR) is 121 cm³/mol. The Morgan fingerprint density at radius 3 is 2.03 bits per heavy atom. The fraction of sp³-hybridized carbons (Fsp3) is 0.192. The average molecular weight is 472 g/mol. The van der Waals surface area contributed by atoms with Gasteiger partial charge in [0.1, 0.15) is 18.3 Å². The van der Waals surface area contributed by atoms with Gasteiger partial charge in [0.25, 0.3) is 0 Å². The number of aryl methyl sites for hydroxylation is 3. The maximum absolute atomic E-state index is 14.3. The van der Waals surface area contributed by atoms with Crippen molar-refractivity contribution in [2.45, 2.75) is 26.8 Å². The highest BCUT2D eigenvalue weighted by atomic mass is 19.2. The molecule has 0 radical (unpaired) electrons. The van der Waals surface area contributed by atoms with E-state index in [-0.39, 0.29) is 24.2 Å². The molecular weight excluding hydrogens is 451 g/mol. The van der Waals surface area contributed by atoms with Crippen molar-refractivity contribution in [3.8, 4) is 0 Å². The predicted octanol–water partition coefficient (Wildman–Crippen LogP) is 6.93. The fourth-order valence-corrected chi connectivity index (χ4v) is 4.12. The third kappa shape index (κ3) is 4.40. The van der Waals surface area contributed by atoms with Crippen molar-refractivity contribution >= 4 is 17.3 Å². The summed E-state index contributed by atoms with van der Waals surface area (Å²) in [6, 6.07) is 12.1. The lowest BCUT2D eigenvalue weighted by Gasteiger charge is -2.14. The van der Waals surface area contributed by atoms with Crippen LogP contribution in [0.1, 0.15) is 33.9 Å². The summed E-state index contributed by atoms with van der Waals surface area (Å²) in [5.41, 5.74) is 3.59. The van der Waals surface area contributed by atoms with Gasteiger partial charge in [0.05, 0.1) is 5.70 Å². The zero-order valence-electron chi connectivity index (χ0n) is 18.6. The van der Waals surface area contributed by atoms with Crippen LogP contribution in [0.5, 0.6) is 0 Å². The van der Waals surface area contributed by atoms with Crippen molar-refractivity contribution in [3.63, 3.8) is 0 Å². The second-order valence-electron chi connectivity index (χ2n) is 8.10. The molecule has 3 aromatic carbocycles. The first kappa shape index (κ1) is 23.5. The zero-order valence-corrected chi connectivity index (χ0v) is 18.6. The molecule has 1 atom stereocenters. The molecule has 176 valence electrons. The quantitative estimate of drug-likeness (QED) is 0.248. The van der Waals surface area contributed by atoms with E-state index in [0.29, 0.717) is 5.56 Å². The lowest BCUT2D eigenvalue weighted by Crippen LogP contribution is -2.10. The highest BCUT2D eigenvalue weighted by Crippen LogP contribution is 2.32. The Kier molecular flexibility index (Phi) is 6.41. The van der Waals surface area contributed by atoms with Gasteiger partial charge >= 0.3 is 0 Å². The topological polar surface area (TPSA) is 33.6 Å². The number of ether oxygens (including phenoxy) is 1. The van der Waals surface area contributed by atoms with Crippen LogP contribution in [0.25, 0.3) is 5.70 Å². The molecule has 1 unspecified atom stereocenters. The molecule has 1 aliphatic heterocycles. The van der Waals surface area contributed by atoms with Crippen LogP contribution in [0.15, 0.2) is 53.5 Å². The van der Waals surface area contributed by atoms with Gasteiger partial charge in [-0.25, -0.2) is 26.9 Å².